The van der Waals surface area contributed by atoms with Gasteiger partial charge in [-0.2, -0.15) is 0 Å². The summed E-state index contributed by atoms with van der Waals surface area (Å²) in [6.07, 6.45) is 2.15. The maximum Gasteiger partial charge on any atom is 0.339 e. The molecule has 0 spiro atoms. The molecular formula is C14H19NO3. The predicted octanol–water partition coefficient (Wildman–Crippen LogP) is 2.09. The van der Waals surface area contributed by atoms with Crippen LogP contribution in [-0.2, 0) is 9.47 Å². The Kier molecular flexibility index (Phi) is 4.20. The molecule has 1 atom stereocenters. The lowest BCUT2D eigenvalue weighted by Gasteiger charge is -2.33. The Bertz CT molecular complexity index is 413. The Morgan fingerprint density at radius 2 is 2.22 bits per heavy atom. The monoisotopic (exact) mass is 249 g/mol. The highest BCUT2D eigenvalue weighted by Crippen LogP contribution is 2.24. The molecule has 0 amide bonds. The quantitative estimate of drug-likeness (QED) is 0.769. The van der Waals surface area contributed by atoms with Gasteiger partial charge < -0.3 is 14.4 Å². The third kappa shape index (κ3) is 2.64. The molecule has 1 aromatic rings. The van der Waals surface area contributed by atoms with E-state index in [0.717, 1.165) is 25.1 Å². The predicted molar refractivity (Wildman–Crippen MR) is 70.0 cm³/mol. The van der Waals surface area contributed by atoms with Gasteiger partial charge in [-0.25, -0.2) is 4.79 Å². The summed E-state index contributed by atoms with van der Waals surface area (Å²) in [4.78, 5) is 13.9. The van der Waals surface area contributed by atoms with Gasteiger partial charge in [-0.1, -0.05) is 12.1 Å². The number of ether oxygens (including phenoxy) is 2. The zero-order chi connectivity index (χ0) is 13.0. The lowest BCUT2D eigenvalue weighted by atomic mass is 10.1. The van der Waals surface area contributed by atoms with Crippen molar-refractivity contribution in [2.24, 2.45) is 0 Å². The first-order valence-electron chi connectivity index (χ1n) is 6.22. The van der Waals surface area contributed by atoms with Crippen molar-refractivity contribution in [2.75, 3.05) is 32.3 Å². The van der Waals surface area contributed by atoms with E-state index in [1.165, 1.54) is 7.11 Å². The van der Waals surface area contributed by atoms with Gasteiger partial charge in [0.25, 0.3) is 0 Å². The van der Waals surface area contributed by atoms with Crippen LogP contribution in [0.4, 0.5) is 5.69 Å². The summed E-state index contributed by atoms with van der Waals surface area (Å²) in [5.74, 6) is -0.297. The van der Waals surface area contributed by atoms with Gasteiger partial charge >= 0.3 is 5.97 Å². The summed E-state index contributed by atoms with van der Waals surface area (Å²) in [7, 11) is 3.41. The van der Waals surface area contributed by atoms with Crippen LogP contribution >= 0.6 is 0 Å². The molecule has 1 heterocycles. The molecule has 4 heteroatoms. The first-order valence-corrected chi connectivity index (χ1v) is 6.22. The van der Waals surface area contributed by atoms with Crippen LogP contribution < -0.4 is 4.90 Å². The summed E-state index contributed by atoms with van der Waals surface area (Å²) < 4.78 is 10.3. The van der Waals surface area contributed by atoms with E-state index >= 15 is 0 Å². The third-order valence-electron chi connectivity index (χ3n) is 3.37. The second kappa shape index (κ2) is 5.87. The summed E-state index contributed by atoms with van der Waals surface area (Å²) in [5, 5.41) is 0. The second-order valence-electron chi connectivity index (χ2n) is 4.49. The Hall–Kier alpha value is -1.55. The number of nitrogens with zero attached hydrogens (tertiary/aromatic N) is 1. The molecule has 2 rings (SSSR count). The van der Waals surface area contributed by atoms with Gasteiger partial charge in [-0.15, -0.1) is 0 Å². The highest BCUT2D eigenvalue weighted by molar-refractivity contribution is 5.95. The van der Waals surface area contributed by atoms with Crippen molar-refractivity contribution in [3.05, 3.63) is 29.8 Å². The number of benzene rings is 1. The van der Waals surface area contributed by atoms with E-state index in [1.807, 2.05) is 25.2 Å². The molecule has 1 aromatic carbocycles. The fourth-order valence-electron chi connectivity index (χ4n) is 2.29. The number of methoxy groups -OCH3 is 1. The van der Waals surface area contributed by atoms with Crippen molar-refractivity contribution in [3.8, 4) is 0 Å². The second-order valence-corrected chi connectivity index (χ2v) is 4.49. The van der Waals surface area contributed by atoms with Crippen molar-refractivity contribution in [3.63, 3.8) is 0 Å². The van der Waals surface area contributed by atoms with Crippen molar-refractivity contribution >= 4 is 11.7 Å². The molecule has 1 aliphatic rings. The number of para-hydroxylation sites is 1. The highest BCUT2D eigenvalue weighted by Gasteiger charge is 2.22. The third-order valence-corrected chi connectivity index (χ3v) is 3.37. The van der Waals surface area contributed by atoms with E-state index in [0.29, 0.717) is 18.2 Å². The lowest BCUT2D eigenvalue weighted by molar-refractivity contribution is 0.0599. The van der Waals surface area contributed by atoms with Gasteiger partial charge in [0, 0.05) is 13.7 Å². The minimum atomic E-state index is -0.297. The molecule has 1 fully saturated rings. The van der Waals surface area contributed by atoms with Crippen molar-refractivity contribution in [1.82, 2.24) is 0 Å². The van der Waals surface area contributed by atoms with Crippen molar-refractivity contribution in [1.29, 1.82) is 0 Å². The average Bonchev–Trinajstić information content (AvgIpc) is 2.46. The van der Waals surface area contributed by atoms with Crippen LogP contribution in [0, 0.1) is 0 Å². The van der Waals surface area contributed by atoms with E-state index in [1.54, 1.807) is 6.07 Å². The topological polar surface area (TPSA) is 38.8 Å². The molecule has 0 bridgehead atoms. The van der Waals surface area contributed by atoms with Crippen LogP contribution in [0.5, 0.6) is 0 Å². The van der Waals surface area contributed by atoms with Crippen LogP contribution in [0.3, 0.4) is 0 Å². The number of hydrogen-bond donors (Lipinski definition) is 0. The number of anilines is 1. The molecule has 0 saturated carbocycles. The van der Waals surface area contributed by atoms with Crippen LogP contribution in [-0.4, -0.2) is 39.4 Å². The van der Waals surface area contributed by atoms with E-state index in [2.05, 4.69) is 4.90 Å². The number of rotatable bonds is 3. The molecule has 0 N–H and O–H groups in total. The smallest absolute Gasteiger partial charge is 0.339 e. The van der Waals surface area contributed by atoms with Gasteiger partial charge in [0.2, 0.25) is 0 Å². The maximum absolute atomic E-state index is 11.7. The Morgan fingerprint density at radius 1 is 1.44 bits per heavy atom. The van der Waals surface area contributed by atoms with E-state index in [-0.39, 0.29) is 5.97 Å². The minimum absolute atomic E-state index is 0.297. The number of likely N-dealkylation sites (N-methyl/N-ethyl adjacent to an activating group) is 1. The molecule has 1 unspecified atom stereocenters. The number of carbonyl (C=O) groups excluding carboxylic acids is 1. The first-order chi connectivity index (χ1) is 8.74. The summed E-state index contributed by atoms with van der Waals surface area (Å²) >= 11 is 0. The van der Waals surface area contributed by atoms with Gasteiger partial charge in [0.1, 0.15) is 0 Å². The molecule has 4 nitrogen and oxygen atoms in total. The van der Waals surface area contributed by atoms with Crippen molar-refractivity contribution in [2.45, 2.75) is 18.9 Å². The van der Waals surface area contributed by atoms with Gasteiger partial charge in [0.05, 0.1) is 31.0 Å². The molecule has 1 saturated heterocycles. The van der Waals surface area contributed by atoms with Crippen LogP contribution in [0.25, 0.3) is 0 Å². The average molecular weight is 249 g/mol. The van der Waals surface area contributed by atoms with E-state index in [4.69, 9.17) is 9.47 Å². The fraction of sp³-hybridized carbons (Fsp3) is 0.500. The van der Waals surface area contributed by atoms with Crippen LogP contribution in [0.1, 0.15) is 23.2 Å². The normalized spacial score (nSPS) is 19.3. The fourth-order valence-corrected chi connectivity index (χ4v) is 2.29. The molecule has 0 radical (unpaired) electrons. The SMILES string of the molecule is COC(=O)c1ccccc1N(C)C1CCCOC1. The number of carbonyl (C=O) groups is 1. The molecule has 18 heavy (non-hydrogen) atoms. The molecule has 1 aliphatic heterocycles. The number of esters is 1. The Labute approximate surface area is 107 Å². The maximum atomic E-state index is 11.7. The largest absolute Gasteiger partial charge is 0.465 e. The van der Waals surface area contributed by atoms with Gasteiger partial charge in [-0.3, -0.25) is 0 Å². The van der Waals surface area contributed by atoms with Crippen LogP contribution in [0.15, 0.2) is 24.3 Å². The van der Waals surface area contributed by atoms with Gasteiger partial charge in [0.15, 0.2) is 0 Å². The van der Waals surface area contributed by atoms with Gasteiger partial charge in [-0.05, 0) is 25.0 Å². The lowest BCUT2D eigenvalue weighted by Crippen LogP contribution is -2.39. The van der Waals surface area contributed by atoms with E-state index in [9.17, 15) is 4.79 Å². The Balaban J connectivity index is 2.23. The minimum Gasteiger partial charge on any atom is -0.465 e. The zero-order valence-electron chi connectivity index (χ0n) is 10.9. The number of hydrogen-bond acceptors (Lipinski definition) is 4. The Morgan fingerprint density at radius 3 is 2.89 bits per heavy atom. The standard InChI is InChI=1S/C14H19NO3/c1-15(11-6-5-9-18-10-11)13-8-4-3-7-12(13)14(16)17-2/h3-4,7-8,11H,5-6,9-10H2,1-2H3. The van der Waals surface area contributed by atoms with Crippen LogP contribution in [0.2, 0.25) is 0 Å². The molecule has 0 aromatic heterocycles. The zero-order valence-corrected chi connectivity index (χ0v) is 10.9. The summed E-state index contributed by atoms with van der Waals surface area (Å²) in [6, 6.07) is 7.84. The summed E-state index contributed by atoms with van der Waals surface area (Å²) in [6.45, 7) is 1.55. The van der Waals surface area contributed by atoms with E-state index < -0.39 is 0 Å². The molecule has 0 aliphatic carbocycles. The first kappa shape index (κ1) is 12.9. The summed E-state index contributed by atoms with van der Waals surface area (Å²) in [5.41, 5.74) is 1.51. The van der Waals surface area contributed by atoms with Crippen molar-refractivity contribution < 1.29 is 14.3 Å². The highest BCUT2D eigenvalue weighted by atomic mass is 16.5. The molecule has 98 valence electrons. The molecular weight excluding hydrogens is 230 g/mol.